The molecule has 0 saturated heterocycles. The van der Waals surface area contributed by atoms with Crippen LogP contribution in [0.5, 0.6) is 0 Å². The lowest BCUT2D eigenvalue weighted by Gasteiger charge is -2.09. The van der Waals surface area contributed by atoms with Gasteiger partial charge >= 0.3 is 0 Å². The van der Waals surface area contributed by atoms with E-state index < -0.39 is 0 Å². The minimum absolute atomic E-state index is 0.0136. The smallest absolute Gasteiger partial charge is 0.253 e. The summed E-state index contributed by atoms with van der Waals surface area (Å²) in [5.41, 5.74) is 8.23. The number of nitrogen functional groups attached to an aromatic ring is 1. The Kier molecular flexibility index (Phi) is 3.92. The summed E-state index contributed by atoms with van der Waals surface area (Å²) in [6.45, 7) is 2.32. The molecular formula is C13H12Br2N2O. The van der Waals surface area contributed by atoms with E-state index in [1.807, 2.05) is 24.3 Å². The largest absolute Gasteiger partial charge is 0.398 e. The Balaban J connectivity index is 2.40. The van der Waals surface area contributed by atoms with Gasteiger partial charge in [-0.15, -0.1) is 0 Å². The molecule has 1 heterocycles. The van der Waals surface area contributed by atoms with E-state index in [0.717, 1.165) is 20.1 Å². The number of anilines is 1. The molecule has 0 spiro atoms. The van der Waals surface area contributed by atoms with E-state index in [2.05, 4.69) is 31.9 Å². The molecule has 0 saturated carbocycles. The highest BCUT2D eigenvalue weighted by Gasteiger charge is 2.04. The van der Waals surface area contributed by atoms with Gasteiger partial charge in [0.15, 0.2) is 0 Å². The minimum atomic E-state index is 0.0136. The summed E-state index contributed by atoms with van der Waals surface area (Å²) < 4.78 is 3.43. The van der Waals surface area contributed by atoms with Crippen molar-refractivity contribution in [3.05, 3.63) is 60.9 Å². The van der Waals surface area contributed by atoms with Crippen LogP contribution in [0.2, 0.25) is 0 Å². The summed E-state index contributed by atoms with van der Waals surface area (Å²) in [6.07, 6.45) is 1.79. The third-order valence-electron chi connectivity index (χ3n) is 2.65. The van der Waals surface area contributed by atoms with Crippen LogP contribution in [0.4, 0.5) is 5.69 Å². The van der Waals surface area contributed by atoms with Crippen LogP contribution in [0.1, 0.15) is 11.1 Å². The predicted molar refractivity (Wildman–Crippen MR) is 80.8 cm³/mol. The van der Waals surface area contributed by atoms with Gasteiger partial charge in [0.1, 0.15) is 0 Å². The fraction of sp³-hybridized carbons (Fsp3) is 0.154. The first kappa shape index (κ1) is 13.4. The minimum Gasteiger partial charge on any atom is -0.398 e. The van der Waals surface area contributed by atoms with E-state index in [4.69, 9.17) is 5.73 Å². The van der Waals surface area contributed by atoms with Gasteiger partial charge in [-0.25, -0.2) is 0 Å². The Hall–Kier alpha value is -1.07. The van der Waals surface area contributed by atoms with Gasteiger partial charge in [-0.2, -0.15) is 0 Å². The summed E-state index contributed by atoms with van der Waals surface area (Å²) in [4.78, 5) is 12.0. The zero-order valence-electron chi connectivity index (χ0n) is 9.78. The molecule has 0 aliphatic carbocycles. The van der Waals surface area contributed by atoms with Crippen LogP contribution in [0.15, 0.2) is 44.2 Å². The summed E-state index contributed by atoms with van der Waals surface area (Å²) in [7, 11) is 0. The number of hydrogen-bond donors (Lipinski definition) is 1. The molecule has 0 aliphatic heterocycles. The van der Waals surface area contributed by atoms with Gasteiger partial charge in [0.05, 0.1) is 6.54 Å². The van der Waals surface area contributed by atoms with E-state index in [-0.39, 0.29) is 5.56 Å². The molecule has 18 heavy (non-hydrogen) atoms. The molecule has 2 N–H and O–H groups in total. The zero-order valence-corrected chi connectivity index (χ0v) is 13.0. The van der Waals surface area contributed by atoms with Crippen molar-refractivity contribution in [3.8, 4) is 0 Å². The average molecular weight is 372 g/mol. The second-order valence-corrected chi connectivity index (χ2v) is 5.90. The van der Waals surface area contributed by atoms with Crippen molar-refractivity contribution >= 4 is 37.5 Å². The lowest BCUT2D eigenvalue weighted by Crippen LogP contribution is -2.22. The molecule has 5 heteroatoms. The normalized spacial score (nSPS) is 10.6. The Morgan fingerprint density at radius 1 is 1.28 bits per heavy atom. The van der Waals surface area contributed by atoms with E-state index in [1.165, 1.54) is 0 Å². The van der Waals surface area contributed by atoms with Gasteiger partial charge in [-0.1, -0.05) is 6.07 Å². The second-order valence-electron chi connectivity index (χ2n) is 4.13. The van der Waals surface area contributed by atoms with Crippen molar-refractivity contribution in [2.24, 2.45) is 0 Å². The Bertz CT molecular complexity index is 650. The van der Waals surface area contributed by atoms with Gasteiger partial charge in [-0.05, 0) is 62.5 Å². The maximum absolute atomic E-state index is 12.0. The fourth-order valence-electron chi connectivity index (χ4n) is 1.75. The van der Waals surface area contributed by atoms with Crippen LogP contribution < -0.4 is 11.3 Å². The third-order valence-corrected chi connectivity index (χ3v) is 3.80. The number of pyridine rings is 1. The van der Waals surface area contributed by atoms with Gasteiger partial charge in [0, 0.05) is 26.4 Å². The maximum atomic E-state index is 12.0. The molecule has 2 aromatic rings. The van der Waals surface area contributed by atoms with Crippen LogP contribution in [-0.2, 0) is 6.54 Å². The van der Waals surface area contributed by atoms with Gasteiger partial charge in [0.2, 0.25) is 0 Å². The van der Waals surface area contributed by atoms with Crippen LogP contribution in [0.3, 0.4) is 0 Å². The van der Waals surface area contributed by atoms with E-state index in [1.54, 1.807) is 17.7 Å². The Labute approximate surface area is 122 Å². The first-order valence-corrected chi connectivity index (χ1v) is 6.96. The van der Waals surface area contributed by atoms with E-state index >= 15 is 0 Å². The molecule has 94 valence electrons. The van der Waals surface area contributed by atoms with Gasteiger partial charge in [0.25, 0.3) is 5.56 Å². The van der Waals surface area contributed by atoms with Crippen molar-refractivity contribution in [2.75, 3.05) is 5.73 Å². The number of aromatic nitrogens is 1. The Morgan fingerprint density at radius 3 is 2.67 bits per heavy atom. The molecule has 0 amide bonds. The third kappa shape index (κ3) is 2.84. The fourth-order valence-corrected chi connectivity index (χ4v) is 2.58. The number of nitrogens with zero attached hydrogens (tertiary/aromatic N) is 1. The second kappa shape index (κ2) is 5.28. The standard InChI is InChI=1S/C13H12Br2N2O/c1-8-4-10(14)7-17(13(8)18)6-9-2-3-11(15)12(16)5-9/h2-5,7H,6,16H2,1H3. The van der Waals surface area contributed by atoms with E-state index in [9.17, 15) is 4.79 Å². The molecule has 1 aromatic carbocycles. The molecule has 2 rings (SSSR count). The first-order chi connectivity index (χ1) is 8.47. The van der Waals surface area contributed by atoms with Gasteiger partial charge < -0.3 is 10.3 Å². The predicted octanol–water partition coefficient (Wildman–Crippen LogP) is 3.31. The van der Waals surface area contributed by atoms with E-state index in [0.29, 0.717) is 12.2 Å². The maximum Gasteiger partial charge on any atom is 0.253 e. The van der Waals surface area contributed by atoms with Crippen molar-refractivity contribution in [3.63, 3.8) is 0 Å². The number of benzene rings is 1. The highest BCUT2D eigenvalue weighted by Crippen LogP contribution is 2.20. The number of nitrogens with two attached hydrogens (primary N) is 1. The number of rotatable bonds is 2. The lowest BCUT2D eigenvalue weighted by atomic mass is 10.2. The molecule has 0 fully saturated rings. The van der Waals surface area contributed by atoms with Crippen molar-refractivity contribution in [2.45, 2.75) is 13.5 Å². The highest BCUT2D eigenvalue weighted by molar-refractivity contribution is 9.10. The quantitative estimate of drug-likeness (QED) is 0.823. The SMILES string of the molecule is Cc1cc(Br)cn(Cc2ccc(Br)c(N)c2)c1=O. The average Bonchev–Trinajstić information content (AvgIpc) is 2.30. The van der Waals surface area contributed by atoms with Gasteiger partial charge in [-0.3, -0.25) is 4.79 Å². The molecular weight excluding hydrogens is 360 g/mol. The number of hydrogen-bond acceptors (Lipinski definition) is 2. The zero-order chi connectivity index (χ0) is 13.3. The number of halogens is 2. The summed E-state index contributed by atoms with van der Waals surface area (Å²) in [5.74, 6) is 0. The summed E-state index contributed by atoms with van der Waals surface area (Å²) in [6, 6.07) is 7.52. The van der Waals surface area contributed by atoms with Crippen molar-refractivity contribution < 1.29 is 0 Å². The molecule has 0 aliphatic rings. The molecule has 0 atom stereocenters. The number of aryl methyl sites for hydroxylation is 1. The van der Waals surface area contributed by atoms with Crippen molar-refractivity contribution in [1.82, 2.24) is 4.57 Å². The highest BCUT2D eigenvalue weighted by atomic mass is 79.9. The summed E-state index contributed by atoms with van der Waals surface area (Å²) >= 11 is 6.75. The molecule has 3 nitrogen and oxygen atoms in total. The monoisotopic (exact) mass is 370 g/mol. The Morgan fingerprint density at radius 2 is 2.00 bits per heavy atom. The molecule has 1 aromatic heterocycles. The van der Waals surface area contributed by atoms with Crippen LogP contribution in [-0.4, -0.2) is 4.57 Å². The molecule has 0 radical (unpaired) electrons. The molecule has 0 unspecified atom stereocenters. The summed E-state index contributed by atoms with van der Waals surface area (Å²) in [5, 5.41) is 0. The van der Waals surface area contributed by atoms with Crippen LogP contribution >= 0.6 is 31.9 Å². The van der Waals surface area contributed by atoms with Crippen LogP contribution in [0, 0.1) is 6.92 Å². The topological polar surface area (TPSA) is 48.0 Å². The molecule has 0 bridgehead atoms. The van der Waals surface area contributed by atoms with Crippen molar-refractivity contribution in [1.29, 1.82) is 0 Å². The first-order valence-electron chi connectivity index (χ1n) is 5.38. The van der Waals surface area contributed by atoms with Crippen LogP contribution in [0.25, 0.3) is 0 Å². The lowest BCUT2D eigenvalue weighted by molar-refractivity contribution is 0.749.